The molecule has 10 nitrogen and oxygen atoms in total. The Morgan fingerprint density at radius 2 is 1.64 bits per heavy atom. The van der Waals surface area contributed by atoms with E-state index in [1.54, 1.807) is 20.9 Å². The zero-order valence-corrected chi connectivity index (χ0v) is 25.0. The van der Waals surface area contributed by atoms with Gasteiger partial charge in [0.2, 0.25) is 11.8 Å². The van der Waals surface area contributed by atoms with Crippen LogP contribution in [0.25, 0.3) is 0 Å². The van der Waals surface area contributed by atoms with Gasteiger partial charge >= 0.3 is 0 Å². The number of anilines is 2. The van der Waals surface area contributed by atoms with Crippen LogP contribution >= 0.6 is 67.8 Å². The van der Waals surface area contributed by atoms with E-state index >= 15 is 0 Å². The maximum absolute atomic E-state index is 13.5. The summed E-state index contributed by atoms with van der Waals surface area (Å²) in [4.78, 5) is 38.9. The molecule has 13 heteroatoms. The predicted molar refractivity (Wildman–Crippen MR) is 147 cm³/mol. The molecule has 1 aromatic carbocycles. The van der Waals surface area contributed by atoms with Gasteiger partial charge in [-0.15, -0.1) is 0 Å². The molecule has 184 valence electrons. The van der Waals surface area contributed by atoms with E-state index in [-0.39, 0.29) is 17.4 Å². The van der Waals surface area contributed by atoms with Gasteiger partial charge in [-0.05, 0) is 81.6 Å². The first-order chi connectivity index (χ1) is 15.1. The lowest BCUT2D eigenvalue weighted by Gasteiger charge is -2.47. The molecule has 2 rings (SSSR count). The lowest BCUT2D eigenvalue weighted by molar-refractivity contribution is -0.225. The molecule has 0 aromatic heterocycles. The van der Waals surface area contributed by atoms with Crippen molar-refractivity contribution in [2.24, 2.45) is 0 Å². The molecule has 3 amide bonds. The van der Waals surface area contributed by atoms with Gasteiger partial charge in [0.1, 0.15) is 18.3 Å². The second kappa shape index (κ2) is 11.2. The van der Waals surface area contributed by atoms with Crippen LogP contribution in [-0.4, -0.2) is 76.7 Å². The number of ether oxygens (including phenoxy) is 1. The van der Waals surface area contributed by atoms with Crippen molar-refractivity contribution in [3.8, 4) is 0 Å². The van der Waals surface area contributed by atoms with Crippen LogP contribution in [0.5, 0.6) is 0 Å². The number of nitrogens with one attached hydrogen (secondary N) is 2. The Balaban J connectivity index is 2.61. The summed E-state index contributed by atoms with van der Waals surface area (Å²) in [6, 6.07) is -1.01. The highest BCUT2D eigenvalue weighted by molar-refractivity contribution is 14.1. The van der Waals surface area contributed by atoms with Crippen molar-refractivity contribution in [1.82, 2.24) is 5.32 Å². The van der Waals surface area contributed by atoms with Crippen molar-refractivity contribution in [3.05, 3.63) is 16.3 Å². The summed E-state index contributed by atoms with van der Waals surface area (Å²) in [5.74, 6) is -1.19. The Bertz CT molecular complexity index is 973. The van der Waals surface area contributed by atoms with E-state index in [0.717, 1.165) is 0 Å². The number of nitrogens with zero attached hydrogens (tertiary/aromatic N) is 1. The Labute approximate surface area is 232 Å². The van der Waals surface area contributed by atoms with Crippen molar-refractivity contribution < 1.29 is 34.4 Å². The number of carbonyl (C=O) groups excluding carboxylic acids is 3. The first-order valence-electron chi connectivity index (χ1n) is 9.83. The van der Waals surface area contributed by atoms with Crippen LogP contribution in [0.3, 0.4) is 0 Å². The number of carbonyl (C=O) groups is 3. The van der Waals surface area contributed by atoms with E-state index in [1.165, 1.54) is 18.7 Å². The van der Waals surface area contributed by atoms with Gasteiger partial charge in [-0.2, -0.15) is 0 Å². The largest absolute Gasteiger partial charge is 0.394 e. The van der Waals surface area contributed by atoms with Gasteiger partial charge in [-0.1, -0.05) is 0 Å². The molecule has 0 spiro atoms. The molecule has 0 bridgehead atoms. The van der Waals surface area contributed by atoms with E-state index < -0.39 is 42.5 Å². The predicted octanol–water partition coefficient (Wildman–Crippen LogP) is 1.43. The zero-order chi connectivity index (χ0) is 25.4. The second-order valence-corrected chi connectivity index (χ2v) is 11.4. The van der Waals surface area contributed by atoms with Crippen molar-refractivity contribution in [2.45, 2.75) is 57.6 Å². The van der Waals surface area contributed by atoms with Crippen LogP contribution < -0.4 is 15.5 Å². The zero-order valence-electron chi connectivity index (χ0n) is 18.6. The first kappa shape index (κ1) is 28.9. The third-order valence-electron chi connectivity index (χ3n) is 5.37. The fourth-order valence-electron chi connectivity index (χ4n) is 3.57. The van der Waals surface area contributed by atoms with E-state index in [2.05, 4.69) is 10.6 Å². The summed E-state index contributed by atoms with van der Waals surface area (Å²) >= 11 is 5.95. The Hall–Kier alpha value is -0.340. The highest BCUT2D eigenvalue weighted by Gasteiger charge is 2.49. The normalized spacial score (nSPS) is 24.2. The summed E-state index contributed by atoms with van der Waals surface area (Å²) in [6.45, 7) is 5.51. The SMILES string of the molecule is CC(=O)Nc1c(I)c(C(=O)NC2C(O)C(O)C(CO)OC2(C)C)c(I)c(N(C)C(C)=O)c1I. The van der Waals surface area contributed by atoms with Gasteiger partial charge in [-0.3, -0.25) is 14.4 Å². The molecule has 4 atom stereocenters. The molecule has 1 aliphatic rings. The van der Waals surface area contributed by atoms with E-state index in [9.17, 15) is 29.7 Å². The van der Waals surface area contributed by atoms with Gasteiger partial charge in [0.05, 0.1) is 45.9 Å². The van der Waals surface area contributed by atoms with Crippen LogP contribution in [0, 0.1) is 10.7 Å². The maximum atomic E-state index is 13.5. The number of halogens is 3. The monoisotopic (exact) mass is 801 g/mol. The topological polar surface area (TPSA) is 148 Å². The summed E-state index contributed by atoms with van der Waals surface area (Å²) in [6.07, 6.45) is -3.80. The number of rotatable bonds is 5. The Morgan fingerprint density at radius 3 is 2.12 bits per heavy atom. The molecule has 1 aromatic rings. The lowest BCUT2D eigenvalue weighted by Crippen LogP contribution is -2.68. The summed E-state index contributed by atoms with van der Waals surface area (Å²) in [7, 11) is 1.57. The van der Waals surface area contributed by atoms with Crippen LogP contribution in [0.2, 0.25) is 0 Å². The van der Waals surface area contributed by atoms with Crippen molar-refractivity contribution in [3.63, 3.8) is 0 Å². The van der Waals surface area contributed by atoms with Crippen LogP contribution in [0.1, 0.15) is 38.1 Å². The average molecular weight is 801 g/mol. The minimum absolute atomic E-state index is 0.199. The highest BCUT2D eigenvalue weighted by Crippen LogP contribution is 2.41. The van der Waals surface area contributed by atoms with Crippen molar-refractivity contribution in [2.75, 3.05) is 23.9 Å². The first-order valence-corrected chi connectivity index (χ1v) is 13.1. The molecular formula is C20H26I3N3O7. The highest BCUT2D eigenvalue weighted by atomic mass is 127. The summed E-state index contributed by atoms with van der Waals surface area (Å²) < 4.78 is 7.23. The lowest BCUT2D eigenvalue weighted by atomic mass is 9.85. The number of aliphatic hydroxyl groups excluding tert-OH is 3. The summed E-state index contributed by atoms with van der Waals surface area (Å²) in [5, 5.41) is 35.9. The number of amides is 3. The molecule has 1 saturated heterocycles. The minimum Gasteiger partial charge on any atom is -0.394 e. The van der Waals surface area contributed by atoms with E-state index in [1.807, 2.05) is 67.8 Å². The van der Waals surface area contributed by atoms with E-state index in [4.69, 9.17) is 4.74 Å². The molecule has 1 heterocycles. The molecule has 0 aliphatic carbocycles. The fourth-order valence-corrected chi connectivity index (χ4v) is 8.22. The smallest absolute Gasteiger partial charge is 0.254 e. The van der Waals surface area contributed by atoms with Crippen LogP contribution in [-0.2, 0) is 14.3 Å². The van der Waals surface area contributed by atoms with Gasteiger partial charge < -0.3 is 35.6 Å². The average Bonchev–Trinajstić information content (AvgIpc) is 2.71. The third kappa shape index (κ3) is 5.91. The fraction of sp³-hybridized carbons (Fsp3) is 0.550. The molecule has 33 heavy (non-hydrogen) atoms. The second-order valence-electron chi connectivity index (χ2n) is 8.17. The minimum atomic E-state index is -1.41. The quantitative estimate of drug-likeness (QED) is 0.284. The molecule has 1 aliphatic heterocycles. The van der Waals surface area contributed by atoms with E-state index in [0.29, 0.717) is 22.1 Å². The van der Waals surface area contributed by atoms with Crippen molar-refractivity contribution >= 4 is 96.9 Å². The van der Waals surface area contributed by atoms with Gasteiger partial charge in [0.25, 0.3) is 5.91 Å². The Kier molecular flexibility index (Phi) is 9.76. The maximum Gasteiger partial charge on any atom is 0.254 e. The molecule has 0 saturated carbocycles. The number of hydrogen-bond acceptors (Lipinski definition) is 7. The third-order valence-corrected chi connectivity index (χ3v) is 8.55. The summed E-state index contributed by atoms with van der Waals surface area (Å²) in [5.41, 5.74) is -0.0675. The Morgan fingerprint density at radius 1 is 1.06 bits per heavy atom. The van der Waals surface area contributed by atoms with Crippen molar-refractivity contribution in [1.29, 1.82) is 0 Å². The number of benzene rings is 1. The standard InChI is InChI=1S/C20H26I3N3O7/c1-7(28)24-14-11(21)10(12(22)15(13(14)23)26(5)8(2)29)19(32)25-18-17(31)16(30)9(6-27)33-20(18,3)4/h9,16-18,27,30-31H,6H2,1-5H3,(H,24,28)(H,25,32). The molecule has 0 radical (unpaired) electrons. The van der Waals surface area contributed by atoms with Gasteiger partial charge in [-0.25, -0.2) is 0 Å². The van der Waals surface area contributed by atoms with Crippen LogP contribution in [0.15, 0.2) is 0 Å². The number of hydrogen-bond donors (Lipinski definition) is 5. The van der Waals surface area contributed by atoms with Crippen LogP contribution in [0.4, 0.5) is 11.4 Å². The van der Waals surface area contributed by atoms with Gasteiger partial charge in [0, 0.05) is 20.9 Å². The molecule has 1 fully saturated rings. The molecule has 5 N–H and O–H groups in total. The number of aliphatic hydroxyl groups is 3. The molecule has 4 unspecified atom stereocenters. The molecular weight excluding hydrogens is 775 g/mol. The van der Waals surface area contributed by atoms with Gasteiger partial charge in [0.15, 0.2) is 0 Å².